The van der Waals surface area contributed by atoms with E-state index in [0.29, 0.717) is 13.1 Å². The maximum Gasteiger partial charge on any atom is 0.148 e. The van der Waals surface area contributed by atoms with Gasteiger partial charge in [-0.15, -0.1) is 5.10 Å². The number of hydrogen-bond donors (Lipinski definition) is 1. The zero-order valence-corrected chi connectivity index (χ0v) is 12.3. The minimum absolute atomic E-state index is 0.112. The van der Waals surface area contributed by atoms with Crippen molar-refractivity contribution in [3.05, 3.63) is 54.1 Å². The number of carbonyl (C=O) groups is 1. The van der Waals surface area contributed by atoms with Crippen LogP contribution < -0.4 is 5.32 Å². The molecule has 2 aromatic rings. The zero-order valence-electron chi connectivity index (χ0n) is 12.3. The van der Waals surface area contributed by atoms with E-state index in [4.69, 9.17) is 0 Å². The predicted octanol–water partition coefficient (Wildman–Crippen LogP) is 3.52. The maximum absolute atomic E-state index is 11.0. The number of benzene rings is 2. The third-order valence-corrected chi connectivity index (χ3v) is 3.42. The van der Waals surface area contributed by atoms with E-state index < -0.39 is 0 Å². The van der Waals surface area contributed by atoms with Gasteiger partial charge in [0.15, 0.2) is 0 Å². The summed E-state index contributed by atoms with van der Waals surface area (Å²) in [6, 6.07) is 16.1. The Kier molecular flexibility index (Phi) is 4.05. The summed E-state index contributed by atoms with van der Waals surface area (Å²) in [5.74, 6) is 0.112. The first-order valence-electron chi connectivity index (χ1n) is 7.10. The first-order chi connectivity index (χ1) is 10.7. The fourth-order valence-electron chi connectivity index (χ4n) is 2.34. The lowest BCUT2D eigenvalue weighted by Crippen LogP contribution is -2.09. The second-order valence-corrected chi connectivity index (χ2v) is 5.11. The molecule has 0 atom stereocenters. The normalized spacial score (nSPS) is 13.0. The predicted molar refractivity (Wildman–Crippen MR) is 87.3 cm³/mol. The molecule has 1 N–H and O–H groups in total. The highest BCUT2D eigenvalue weighted by Gasteiger charge is 2.13. The molecule has 0 fully saturated rings. The van der Waals surface area contributed by atoms with Crippen molar-refractivity contribution >= 4 is 17.2 Å². The molecule has 1 aliphatic rings. The molecule has 22 heavy (non-hydrogen) atoms. The first-order valence-corrected chi connectivity index (χ1v) is 7.10. The van der Waals surface area contributed by atoms with Crippen molar-refractivity contribution in [2.45, 2.75) is 6.92 Å². The Morgan fingerprint density at radius 1 is 1.09 bits per heavy atom. The van der Waals surface area contributed by atoms with Crippen LogP contribution in [0.3, 0.4) is 0 Å². The summed E-state index contributed by atoms with van der Waals surface area (Å²) in [4.78, 5) is 11.0. The molecule has 0 radical (unpaired) electrons. The molecule has 0 aromatic heterocycles. The molecule has 5 heteroatoms. The Morgan fingerprint density at radius 2 is 1.82 bits per heavy atom. The number of carbonyl (C=O) groups excluding carboxylic acids is 1. The van der Waals surface area contributed by atoms with Gasteiger partial charge in [0.2, 0.25) is 0 Å². The topological polar surface area (TPSA) is 66.2 Å². The molecular formula is C17H16N4O. The minimum Gasteiger partial charge on any atom is -0.378 e. The Labute approximate surface area is 128 Å². The van der Waals surface area contributed by atoms with Gasteiger partial charge in [-0.3, -0.25) is 4.79 Å². The molecule has 0 saturated carbocycles. The standard InChI is InChI=1S/C17H16N4O/c1-12(22)10-18-14-8-6-13(7-9-14)15-4-2-3-5-16(15)17-11-19-21-20-17/h2-9,18H,10-11H2,1H3. The fourth-order valence-corrected chi connectivity index (χ4v) is 2.34. The molecule has 0 amide bonds. The molecule has 0 spiro atoms. The molecular weight excluding hydrogens is 276 g/mol. The van der Waals surface area contributed by atoms with E-state index >= 15 is 0 Å². The van der Waals surface area contributed by atoms with Gasteiger partial charge in [0.1, 0.15) is 12.3 Å². The molecule has 0 aliphatic carbocycles. The highest BCUT2D eigenvalue weighted by molar-refractivity contribution is 6.07. The monoisotopic (exact) mass is 292 g/mol. The number of nitrogens with zero attached hydrogens (tertiary/aromatic N) is 3. The van der Waals surface area contributed by atoms with Crippen LogP contribution in [0.5, 0.6) is 0 Å². The third kappa shape index (κ3) is 3.09. The minimum atomic E-state index is 0.112. The van der Waals surface area contributed by atoms with Gasteiger partial charge in [0.05, 0.1) is 12.3 Å². The van der Waals surface area contributed by atoms with Gasteiger partial charge in [-0.2, -0.15) is 5.11 Å². The van der Waals surface area contributed by atoms with Crippen molar-refractivity contribution in [3.63, 3.8) is 0 Å². The van der Waals surface area contributed by atoms with Crippen LogP contribution in [0.25, 0.3) is 11.1 Å². The van der Waals surface area contributed by atoms with Gasteiger partial charge >= 0.3 is 0 Å². The molecule has 1 heterocycles. The lowest BCUT2D eigenvalue weighted by Gasteiger charge is -2.10. The fraction of sp³-hybridized carbons (Fsp3) is 0.176. The first kappa shape index (κ1) is 14.1. The Morgan fingerprint density at radius 3 is 2.45 bits per heavy atom. The second-order valence-electron chi connectivity index (χ2n) is 5.11. The quantitative estimate of drug-likeness (QED) is 0.916. The van der Waals surface area contributed by atoms with Crippen molar-refractivity contribution < 1.29 is 4.79 Å². The second kappa shape index (κ2) is 6.30. The van der Waals surface area contributed by atoms with Crippen LogP contribution in [0.1, 0.15) is 12.5 Å². The van der Waals surface area contributed by atoms with E-state index in [9.17, 15) is 4.79 Å². The molecule has 5 nitrogen and oxygen atoms in total. The highest BCUT2D eigenvalue weighted by Crippen LogP contribution is 2.26. The molecule has 0 unspecified atom stereocenters. The lowest BCUT2D eigenvalue weighted by atomic mass is 9.96. The Hall–Kier alpha value is -2.82. The SMILES string of the molecule is CC(=O)CNc1ccc(-c2ccccc2C2=NN=NC2)cc1. The molecule has 3 rings (SSSR count). The Balaban J connectivity index is 1.87. The van der Waals surface area contributed by atoms with Gasteiger partial charge < -0.3 is 5.32 Å². The summed E-state index contributed by atoms with van der Waals surface area (Å²) in [6.45, 7) is 2.43. The van der Waals surface area contributed by atoms with E-state index in [0.717, 1.165) is 28.1 Å². The van der Waals surface area contributed by atoms with Gasteiger partial charge in [0.25, 0.3) is 0 Å². The average molecular weight is 292 g/mol. The lowest BCUT2D eigenvalue weighted by molar-refractivity contribution is -0.115. The average Bonchev–Trinajstić information content (AvgIpc) is 3.08. The van der Waals surface area contributed by atoms with Crippen molar-refractivity contribution in [2.75, 3.05) is 18.4 Å². The number of hydrogen-bond acceptors (Lipinski definition) is 5. The molecule has 110 valence electrons. The van der Waals surface area contributed by atoms with Crippen molar-refractivity contribution in [1.82, 2.24) is 0 Å². The van der Waals surface area contributed by atoms with Crippen LogP contribution in [0.2, 0.25) is 0 Å². The maximum atomic E-state index is 11.0. The third-order valence-electron chi connectivity index (χ3n) is 3.42. The highest BCUT2D eigenvalue weighted by atomic mass is 16.1. The van der Waals surface area contributed by atoms with Gasteiger partial charge in [-0.25, -0.2) is 0 Å². The van der Waals surface area contributed by atoms with Crippen LogP contribution in [0.15, 0.2) is 64.0 Å². The molecule has 0 bridgehead atoms. The molecule has 1 aliphatic heterocycles. The largest absolute Gasteiger partial charge is 0.378 e. The van der Waals surface area contributed by atoms with E-state index in [2.05, 4.69) is 26.8 Å². The number of ketones is 1. The van der Waals surface area contributed by atoms with Gasteiger partial charge in [0, 0.05) is 11.3 Å². The zero-order chi connectivity index (χ0) is 15.4. The summed E-state index contributed by atoms with van der Waals surface area (Å²) in [5.41, 5.74) is 5.07. The summed E-state index contributed by atoms with van der Waals surface area (Å²) in [5, 5.41) is 14.8. The van der Waals surface area contributed by atoms with E-state index in [-0.39, 0.29) is 5.78 Å². The summed E-state index contributed by atoms with van der Waals surface area (Å²) in [7, 11) is 0. The van der Waals surface area contributed by atoms with Crippen molar-refractivity contribution in [3.8, 4) is 11.1 Å². The van der Waals surface area contributed by atoms with Crippen LogP contribution in [-0.2, 0) is 4.79 Å². The summed E-state index contributed by atoms with van der Waals surface area (Å²) >= 11 is 0. The van der Waals surface area contributed by atoms with Crippen LogP contribution in [0, 0.1) is 0 Å². The number of nitrogens with one attached hydrogen (secondary N) is 1. The Bertz CT molecular complexity index is 748. The summed E-state index contributed by atoms with van der Waals surface area (Å²) in [6.07, 6.45) is 0. The van der Waals surface area contributed by atoms with E-state index in [1.807, 2.05) is 42.5 Å². The van der Waals surface area contributed by atoms with Crippen molar-refractivity contribution in [2.24, 2.45) is 15.4 Å². The molecule has 2 aromatic carbocycles. The van der Waals surface area contributed by atoms with E-state index in [1.54, 1.807) is 6.92 Å². The van der Waals surface area contributed by atoms with Crippen LogP contribution in [-0.4, -0.2) is 24.6 Å². The number of anilines is 1. The van der Waals surface area contributed by atoms with Crippen LogP contribution in [0.4, 0.5) is 5.69 Å². The number of Topliss-reactive ketones (excluding diaryl/α,β-unsaturated/α-hetero) is 1. The summed E-state index contributed by atoms with van der Waals surface area (Å²) < 4.78 is 0. The van der Waals surface area contributed by atoms with Crippen LogP contribution >= 0.6 is 0 Å². The smallest absolute Gasteiger partial charge is 0.148 e. The van der Waals surface area contributed by atoms with Gasteiger partial charge in [-0.1, -0.05) is 36.4 Å². The van der Waals surface area contributed by atoms with E-state index in [1.165, 1.54) is 0 Å². The van der Waals surface area contributed by atoms with Gasteiger partial charge in [-0.05, 0) is 35.4 Å². The van der Waals surface area contributed by atoms with Crippen molar-refractivity contribution in [1.29, 1.82) is 0 Å². The molecule has 0 saturated heterocycles. The number of rotatable bonds is 5.